The molecular weight excluding hydrogens is 350 g/mol. The minimum atomic E-state index is -0.771. The molecule has 116 valence electrons. The molecule has 22 heavy (non-hydrogen) atoms. The number of amides is 4. The number of halogens is 1. The minimum Gasteiger partial charge on any atom is -0.324 e. The average Bonchev–Trinajstić information content (AvgIpc) is 3.01. The molecule has 1 aliphatic heterocycles. The van der Waals surface area contributed by atoms with Crippen molar-refractivity contribution >= 4 is 39.5 Å². The fourth-order valence-electron chi connectivity index (χ4n) is 3.05. The van der Waals surface area contributed by atoms with Crippen LogP contribution < -0.4 is 10.6 Å². The molecule has 0 aromatic heterocycles. The number of carbonyl (C=O) groups excluding carboxylic acids is 3. The second kappa shape index (κ2) is 5.72. The highest BCUT2D eigenvalue weighted by Gasteiger charge is 2.52. The third kappa shape index (κ3) is 2.72. The van der Waals surface area contributed by atoms with Crippen molar-refractivity contribution in [2.45, 2.75) is 31.2 Å². The molecule has 7 heteroatoms. The Morgan fingerprint density at radius 1 is 1.32 bits per heavy atom. The molecule has 1 aliphatic carbocycles. The Balaban J connectivity index is 1.66. The lowest BCUT2D eigenvalue weighted by atomic mass is 9.98. The number of anilines is 1. The maximum absolute atomic E-state index is 12.4. The number of urea groups is 1. The first kappa shape index (κ1) is 15.0. The van der Waals surface area contributed by atoms with Gasteiger partial charge in [-0.25, -0.2) is 4.79 Å². The molecule has 4 amide bonds. The monoisotopic (exact) mass is 365 g/mol. The van der Waals surface area contributed by atoms with Crippen molar-refractivity contribution < 1.29 is 14.4 Å². The van der Waals surface area contributed by atoms with Crippen molar-refractivity contribution in [2.75, 3.05) is 11.9 Å². The van der Waals surface area contributed by atoms with Crippen molar-refractivity contribution in [3.63, 3.8) is 0 Å². The maximum atomic E-state index is 12.4. The molecule has 0 bridgehead atoms. The lowest BCUT2D eigenvalue weighted by Gasteiger charge is -2.19. The van der Waals surface area contributed by atoms with Crippen LogP contribution in [0.2, 0.25) is 0 Å². The molecule has 1 spiro atoms. The van der Waals surface area contributed by atoms with E-state index in [0.717, 1.165) is 22.2 Å². The predicted molar refractivity (Wildman–Crippen MR) is 84.2 cm³/mol. The Morgan fingerprint density at radius 2 is 2.05 bits per heavy atom. The van der Waals surface area contributed by atoms with Crippen molar-refractivity contribution in [1.29, 1.82) is 0 Å². The third-order valence-corrected chi connectivity index (χ3v) is 4.61. The van der Waals surface area contributed by atoms with Crippen molar-refractivity contribution in [3.05, 3.63) is 28.7 Å². The summed E-state index contributed by atoms with van der Waals surface area (Å²) in [5, 5.41) is 5.44. The molecule has 0 radical (unpaired) electrons. The molecule has 0 unspecified atom stereocenters. The summed E-state index contributed by atoms with van der Waals surface area (Å²) in [7, 11) is 0. The summed E-state index contributed by atoms with van der Waals surface area (Å²) in [5.74, 6) is -0.670. The second-order valence-corrected chi connectivity index (χ2v) is 6.58. The number of hydrogen-bond acceptors (Lipinski definition) is 3. The summed E-state index contributed by atoms with van der Waals surface area (Å²) >= 11 is 3.32. The zero-order valence-corrected chi connectivity index (χ0v) is 13.5. The van der Waals surface area contributed by atoms with Gasteiger partial charge in [0.1, 0.15) is 12.1 Å². The van der Waals surface area contributed by atoms with Crippen LogP contribution in [0.25, 0.3) is 0 Å². The van der Waals surface area contributed by atoms with Gasteiger partial charge in [0.15, 0.2) is 0 Å². The molecule has 2 aliphatic rings. The summed E-state index contributed by atoms with van der Waals surface area (Å²) in [4.78, 5) is 37.5. The van der Waals surface area contributed by atoms with Gasteiger partial charge in [-0.15, -0.1) is 0 Å². The van der Waals surface area contributed by atoms with E-state index in [1.807, 2.05) is 6.07 Å². The fourth-order valence-corrected chi connectivity index (χ4v) is 3.45. The number of rotatable bonds is 3. The highest BCUT2D eigenvalue weighted by Crippen LogP contribution is 2.34. The van der Waals surface area contributed by atoms with Gasteiger partial charge in [-0.2, -0.15) is 0 Å². The van der Waals surface area contributed by atoms with Gasteiger partial charge in [0.05, 0.1) is 0 Å². The highest BCUT2D eigenvalue weighted by molar-refractivity contribution is 9.10. The zero-order valence-electron chi connectivity index (χ0n) is 11.9. The molecule has 1 saturated heterocycles. The minimum absolute atomic E-state index is 0.265. The Morgan fingerprint density at radius 3 is 2.73 bits per heavy atom. The molecule has 1 aromatic carbocycles. The number of nitrogens with zero attached hydrogens (tertiary/aromatic N) is 1. The molecule has 2 fully saturated rings. The van der Waals surface area contributed by atoms with Gasteiger partial charge in [-0.3, -0.25) is 14.5 Å². The Labute approximate surface area is 136 Å². The van der Waals surface area contributed by atoms with Crippen molar-refractivity contribution in [3.8, 4) is 0 Å². The van der Waals surface area contributed by atoms with Crippen LogP contribution in [0.4, 0.5) is 10.5 Å². The first-order chi connectivity index (χ1) is 10.5. The van der Waals surface area contributed by atoms with Gasteiger partial charge in [-0.1, -0.05) is 34.8 Å². The van der Waals surface area contributed by atoms with Crippen molar-refractivity contribution in [2.24, 2.45) is 0 Å². The first-order valence-electron chi connectivity index (χ1n) is 7.20. The topological polar surface area (TPSA) is 78.5 Å². The SMILES string of the molecule is O=C(CN1C(=O)NC2(CCCC2)C1=O)Nc1cccc(Br)c1. The standard InChI is InChI=1S/C15H16BrN3O3/c16-10-4-3-5-11(8-10)17-12(20)9-19-13(21)15(18-14(19)22)6-1-2-7-15/h3-5,8H,1-2,6-7,9H2,(H,17,20)(H,18,22). The van der Waals surface area contributed by atoms with Gasteiger partial charge in [0.2, 0.25) is 5.91 Å². The third-order valence-electron chi connectivity index (χ3n) is 4.11. The molecule has 2 N–H and O–H groups in total. The van der Waals surface area contributed by atoms with E-state index in [1.165, 1.54) is 0 Å². The van der Waals surface area contributed by atoms with E-state index in [-0.39, 0.29) is 12.5 Å². The fraction of sp³-hybridized carbons (Fsp3) is 0.400. The van der Waals surface area contributed by atoms with Crippen LogP contribution in [0.15, 0.2) is 28.7 Å². The Hall–Kier alpha value is -1.89. The summed E-state index contributed by atoms with van der Waals surface area (Å²) in [6.07, 6.45) is 3.15. The molecule has 1 heterocycles. The van der Waals surface area contributed by atoms with Crippen LogP contribution in [-0.4, -0.2) is 34.8 Å². The highest BCUT2D eigenvalue weighted by atomic mass is 79.9. The number of carbonyl (C=O) groups is 3. The second-order valence-electron chi connectivity index (χ2n) is 5.67. The summed E-state index contributed by atoms with van der Waals surface area (Å²) in [6.45, 7) is -0.265. The number of nitrogens with one attached hydrogen (secondary N) is 2. The molecule has 0 atom stereocenters. The van der Waals surface area contributed by atoms with Crippen LogP contribution in [0.3, 0.4) is 0 Å². The van der Waals surface area contributed by atoms with Gasteiger partial charge < -0.3 is 10.6 Å². The van der Waals surface area contributed by atoms with Crippen LogP contribution in [0.1, 0.15) is 25.7 Å². The normalized spacial score (nSPS) is 19.6. The summed E-state index contributed by atoms with van der Waals surface area (Å²) in [6, 6.07) is 6.66. The van der Waals surface area contributed by atoms with Gasteiger partial charge in [-0.05, 0) is 31.0 Å². The van der Waals surface area contributed by atoms with Crippen LogP contribution in [-0.2, 0) is 9.59 Å². The van der Waals surface area contributed by atoms with E-state index in [9.17, 15) is 14.4 Å². The molecule has 1 aromatic rings. The maximum Gasteiger partial charge on any atom is 0.325 e. The van der Waals surface area contributed by atoms with Gasteiger partial charge >= 0.3 is 6.03 Å². The molecule has 1 saturated carbocycles. The quantitative estimate of drug-likeness (QED) is 0.806. The average molecular weight is 366 g/mol. The van der Waals surface area contributed by atoms with Gasteiger partial charge in [0, 0.05) is 10.2 Å². The smallest absolute Gasteiger partial charge is 0.324 e. The number of imide groups is 1. The number of hydrogen-bond donors (Lipinski definition) is 2. The molecular formula is C15H16BrN3O3. The lowest BCUT2D eigenvalue weighted by Crippen LogP contribution is -2.44. The predicted octanol–water partition coefficient (Wildman–Crippen LogP) is 2.25. The first-order valence-corrected chi connectivity index (χ1v) is 7.99. The largest absolute Gasteiger partial charge is 0.325 e. The zero-order chi connectivity index (χ0) is 15.7. The van der Waals surface area contributed by atoms with E-state index < -0.39 is 17.5 Å². The van der Waals surface area contributed by atoms with Crippen molar-refractivity contribution in [1.82, 2.24) is 10.2 Å². The Kier molecular flexibility index (Phi) is 3.90. The molecule has 3 rings (SSSR count). The summed E-state index contributed by atoms with van der Waals surface area (Å²) < 4.78 is 0.838. The summed E-state index contributed by atoms with van der Waals surface area (Å²) in [5.41, 5.74) is -0.158. The van der Waals surface area contributed by atoms with E-state index >= 15 is 0 Å². The lowest BCUT2D eigenvalue weighted by molar-refractivity contribution is -0.133. The van der Waals surface area contributed by atoms with E-state index in [2.05, 4.69) is 26.6 Å². The Bertz CT molecular complexity index is 641. The van der Waals surface area contributed by atoms with Crippen LogP contribution in [0.5, 0.6) is 0 Å². The number of benzene rings is 1. The van der Waals surface area contributed by atoms with E-state index in [0.29, 0.717) is 18.5 Å². The van der Waals surface area contributed by atoms with E-state index in [4.69, 9.17) is 0 Å². The van der Waals surface area contributed by atoms with Gasteiger partial charge in [0.25, 0.3) is 5.91 Å². The van der Waals surface area contributed by atoms with Crippen LogP contribution >= 0.6 is 15.9 Å². The molecule has 6 nitrogen and oxygen atoms in total. The van der Waals surface area contributed by atoms with Crippen LogP contribution in [0, 0.1) is 0 Å². The van der Waals surface area contributed by atoms with E-state index in [1.54, 1.807) is 18.2 Å².